The summed E-state index contributed by atoms with van der Waals surface area (Å²) in [6, 6.07) is 5.81. The zero-order valence-corrected chi connectivity index (χ0v) is 14.5. The molecule has 0 radical (unpaired) electrons. The zero-order valence-electron chi connectivity index (χ0n) is 14.5. The lowest BCUT2D eigenvalue weighted by Crippen LogP contribution is -2.40. The van der Waals surface area contributed by atoms with Gasteiger partial charge in [-0.25, -0.2) is 0 Å². The van der Waals surface area contributed by atoms with E-state index in [2.05, 4.69) is 27.4 Å². The van der Waals surface area contributed by atoms with Crippen LogP contribution in [-0.2, 0) is 11.2 Å². The van der Waals surface area contributed by atoms with Gasteiger partial charge < -0.3 is 9.84 Å². The van der Waals surface area contributed by atoms with Crippen molar-refractivity contribution in [3.63, 3.8) is 0 Å². The minimum Gasteiger partial charge on any atom is -0.353 e. The smallest absolute Gasteiger partial charge is 0.227 e. The molecular formula is C19H24N4O2. The average molecular weight is 340 g/mol. The topological polar surface area (TPSA) is 80.9 Å². The molecule has 2 aromatic heterocycles. The van der Waals surface area contributed by atoms with Gasteiger partial charge in [0.2, 0.25) is 17.6 Å². The first kappa shape index (κ1) is 16.2. The number of hydrogen-bond acceptors (Lipinski definition) is 5. The van der Waals surface area contributed by atoms with Gasteiger partial charge in [0, 0.05) is 25.1 Å². The number of nitrogens with zero attached hydrogens (tertiary/aromatic N) is 3. The lowest BCUT2D eigenvalue weighted by molar-refractivity contribution is -0.122. The highest BCUT2D eigenvalue weighted by atomic mass is 16.5. The maximum Gasteiger partial charge on any atom is 0.227 e. The van der Waals surface area contributed by atoms with E-state index in [0.717, 1.165) is 11.8 Å². The molecule has 1 amide bonds. The van der Waals surface area contributed by atoms with Crippen molar-refractivity contribution in [1.82, 2.24) is 20.4 Å². The van der Waals surface area contributed by atoms with E-state index < -0.39 is 0 Å². The molecule has 6 nitrogen and oxygen atoms in total. The van der Waals surface area contributed by atoms with E-state index >= 15 is 0 Å². The van der Waals surface area contributed by atoms with Crippen molar-refractivity contribution in [1.29, 1.82) is 0 Å². The van der Waals surface area contributed by atoms with Gasteiger partial charge in [-0.05, 0) is 56.1 Å². The van der Waals surface area contributed by atoms with Crippen molar-refractivity contribution in [2.24, 2.45) is 17.8 Å². The number of fused-ring (bicyclic) bond motifs is 2. The van der Waals surface area contributed by atoms with Crippen molar-refractivity contribution in [2.45, 2.75) is 51.5 Å². The number of pyridine rings is 1. The number of carbonyl (C=O) groups excluding carboxylic acids is 1. The van der Waals surface area contributed by atoms with E-state index in [4.69, 9.17) is 4.52 Å². The van der Waals surface area contributed by atoms with E-state index in [1.54, 1.807) is 6.20 Å². The normalized spacial score (nSPS) is 25.9. The SMILES string of the molecule is C[C@H](NC(=O)CCc1nc(-c2ccccn2)no1)[C@@H]1C[C@H]2CC[C@H]1C2. The summed E-state index contributed by atoms with van der Waals surface area (Å²) >= 11 is 0. The Morgan fingerprint density at radius 3 is 3.00 bits per heavy atom. The highest BCUT2D eigenvalue weighted by Crippen LogP contribution is 2.49. The predicted molar refractivity (Wildman–Crippen MR) is 92.4 cm³/mol. The number of carbonyl (C=O) groups is 1. The van der Waals surface area contributed by atoms with Crippen molar-refractivity contribution in [2.75, 3.05) is 0 Å². The largest absolute Gasteiger partial charge is 0.353 e. The highest BCUT2D eigenvalue weighted by Gasteiger charge is 2.42. The molecule has 4 rings (SSSR count). The third kappa shape index (κ3) is 3.57. The molecule has 2 heterocycles. The van der Waals surface area contributed by atoms with Gasteiger partial charge in [0.15, 0.2) is 0 Å². The van der Waals surface area contributed by atoms with Crippen LogP contribution in [0.4, 0.5) is 0 Å². The lowest BCUT2D eigenvalue weighted by Gasteiger charge is -2.28. The Bertz CT molecular complexity index is 730. The standard InChI is InChI=1S/C19H24N4O2/c1-12(15-11-13-5-6-14(15)10-13)21-17(24)7-8-18-22-19(23-25-18)16-4-2-3-9-20-16/h2-4,9,12-15H,5-8,10-11H2,1H3,(H,21,24)/t12-,13-,14-,15-/m0/s1. The number of rotatable bonds is 6. The second-order valence-electron chi connectivity index (χ2n) is 7.42. The van der Waals surface area contributed by atoms with Crippen LogP contribution in [0.15, 0.2) is 28.9 Å². The average Bonchev–Trinajstić information content (AvgIpc) is 3.37. The van der Waals surface area contributed by atoms with Crippen LogP contribution in [0, 0.1) is 17.8 Å². The van der Waals surface area contributed by atoms with Crippen LogP contribution in [0.1, 0.15) is 44.9 Å². The molecule has 2 fully saturated rings. The van der Waals surface area contributed by atoms with E-state index in [1.165, 1.54) is 25.7 Å². The summed E-state index contributed by atoms with van der Waals surface area (Å²) in [4.78, 5) is 20.8. The Balaban J connectivity index is 1.27. The van der Waals surface area contributed by atoms with Crippen LogP contribution in [0.5, 0.6) is 0 Å². The first-order valence-electron chi connectivity index (χ1n) is 9.22. The fraction of sp³-hybridized carbons (Fsp3) is 0.579. The van der Waals surface area contributed by atoms with Crippen LogP contribution >= 0.6 is 0 Å². The van der Waals surface area contributed by atoms with Gasteiger partial charge in [0.1, 0.15) is 5.69 Å². The maximum absolute atomic E-state index is 12.3. The molecule has 1 N–H and O–H groups in total. The Morgan fingerprint density at radius 2 is 2.28 bits per heavy atom. The van der Waals surface area contributed by atoms with Crippen LogP contribution in [0.2, 0.25) is 0 Å². The Hall–Kier alpha value is -2.24. The van der Waals surface area contributed by atoms with E-state index in [9.17, 15) is 4.79 Å². The molecule has 0 spiro atoms. The second-order valence-corrected chi connectivity index (χ2v) is 7.42. The summed E-state index contributed by atoms with van der Waals surface area (Å²) in [6.45, 7) is 2.15. The van der Waals surface area contributed by atoms with Gasteiger partial charge in [0.05, 0.1) is 0 Å². The molecule has 0 unspecified atom stereocenters. The fourth-order valence-electron chi connectivity index (χ4n) is 4.52. The first-order chi connectivity index (χ1) is 12.2. The molecule has 0 aromatic carbocycles. The lowest BCUT2D eigenvalue weighted by atomic mass is 9.84. The van der Waals surface area contributed by atoms with Gasteiger partial charge in [-0.1, -0.05) is 17.6 Å². The molecule has 0 aliphatic heterocycles. The molecule has 2 aromatic rings. The van der Waals surface area contributed by atoms with Gasteiger partial charge >= 0.3 is 0 Å². The van der Waals surface area contributed by atoms with Gasteiger partial charge in [-0.2, -0.15) is 4.98 Å². The third-order valence-corrected chi connectivity index (χ3v) is 5.75. The fourth-order valence-corrected chi connectivity index (χ4v) is 4.52. The summed E-state index contributed by atoms with van der Waals surface area (Å²) in [5, 5.41) is 7.11. The molecule has 2 aliphatic rings. The van der Waals surface area contributed by atoms with E-state index in [-0.39, 0.29) is 11.9 Å². The number of hydrogen-bond donors (Lipinski definition) is 1. The monoisotopic (exact) mass is 340 g/mol. The van der Waals surface area contributed by atoms with Crippen molar-refractivity contribution in [3.8, 4) is 11.5 Å². The molecule has 2 aliphatic carbocycles. The summed E-state index contributed by atoms with van der Waals surface area (Å²) in [7, 11) is 0. The molecular weight excluding hydrogens is 316 g/mol. The Kier molecular flexibility index (Phi) is 4.51. The van der Waals surface area contributed by atoms with E-state index in [0.29, 0.717) is 36.2 Å². The summed E-state index contributed by atoms with van der Waals surface area (Å²) in [5.41, 5.74) is 0.673. The molecule has 132 valence electrons. The second kappa shape index (κ2) is 6.94. The zero-order chi connectivity index (χ0) is 17.2. The van der Waals surface area contributed by atoms with Crippen molar-refractivity contribution in [3.05, 3.63) is 30.3 Å². The summed E-state index contributed by atoms with van der Waals surface area (Å²) < 4.78 is 5.23. The van der Waals surface area contributed by atoms with Crippen LogP contribution in [0.25, 0.3) is 11.5 Å². The van der Waals surface area contributed by atoms with Crippen LogP contribution in [0.3, 0.4) is 0 Å². The number of aromatic nitrogens is 3. The maximum atomic E-state index is 12.3. The minimum absolute atomic E-state index is 0.0628. The Labute approximate surface area is 147 Å². The molecule has 25 heavy (non-hydrogen) atoms. The minimum atomic E-state index is 0.0628. The number of aryl methyl sites for hydroxylation is 1. The van der Waals surface area contributed by atoms with Crippen molar-refractivity contribution >= 4 is 5.91 Å². The van der Waals surface area contributed by atoms with Crippen molar-refractivity contribution < 1.29 is 9.32 Å². The molecule has 2 bridgehead atoms. The number of nitrogens with one attached hydrogen (secondary N) is 1. The Morgan fingerprint density at radius 1 is 1.36 bits per heavy atom. The highest BCUT2D eigenvalue weighted by molar-refractivity contribution is 5.76. The van der Waals surface area contributed by atoms with E-state index in [1.807, 2.05) is 18.2 Å². The molecule has 0 saturated heterocycles. The van der Waals surface area contributed by atoms with Gasteiger partial charge in [-0.15, -0.1) is 0 Å². The molecule has 2 saturated carbocycles. The summed E-state index contributed by atoms with van der Waals surface area (Å²) in [6.07, 6.45) is 7.89. The van der Waals surface area contributed by atoms with Gasteiger partial charge in [0.25, 0.3) is 0 Å². The van der Waals surface area contributed by atoms with Crippen LogP contribution in [-0.4, -0.2) is 27.1 Å². The predicted octanol–water partition coefficient (Wildman–Crippen LogP) is 3.01. The molecule has 4 atom stereocenters. The first-order valence-corrected chi connectivity index (χ1v) is 9.22. The molecule has 6 heteroatoms. The quantitative estimate of drug-likeness (QED) is 0.874. The third-order valence-electron chi connectivity index (χ3n) is 5.75. The number of amides is 1. The van der Waals surface area contributed by atoms with Gasteiger partial charge in [-0.3, -0.25) is 9.78 Å². The van der Waals surface area contributed by atoms with Crippen LogP contribution < -0.4 is 5.32 Å². The summed E-state index contributed by atoms with van der Waals surface area (Å²) in [5.74, 6) is 3.37.